The lowest BCUT2D eigenvalue weighted by Crippen LogP contribution is -2.57. The van der Waals surface area contributed by atoms with E-state index in [0.717, 1.165) is 30.6 Å². The van der Waals surface area contributed by atoms with Gasteiger partial charge in [0.15, 0.2) is 0 Å². The Bertz CT molecular complexity index is 720. The number of carbonyl (C=O) groups is 2. The van der Waals surface area contributed by atoms with Gasteiger partial charge < -0.3 is 19.4 Å². The molecule has 146 valence electrons. The third-order valence-electron chi connectivity index (χ3n) is 6.21. The Kier molecular flexibility index (Phi) is 5.08. The first-order valence-corrected chi connectivity index (χ1v) is 10.1. The molecule has 6 nitrogen and oxygen atoms in total. The van der Waals surface area contributed by atoms with Gasteiger partial charge in [-0.1, -0.05) is 31.9 Å². The Morgan fingerprint density at radius 1 is 1.19 bits per heavy atom. The minimum absolute atomic E-state index is 0.0936. The number of morpholine rings is 1. The van der Waals surface area contributed by atoms with Crippen LogP contribution < -0.4 is 9.80 Å². The van der Waals surface area contributed by atoms with Crippen molar-refractivity contribution < 1.29 is 14.3 Å². The van der Waals surface area contributed by atoms with Crippen molar-refractivity contribution in [1.29, 1.82) is 0 Å². The molecule has 1 aromatic carbocycles. The van der Waals surface area contributed by atoms with Crippen molar-refractivity contribution in [3.05, 3.63) is 24.3 Å². The first-order valence-electron chi connectivity index (χ1n) is 10.1. The first kappa shape index (κ1) is 18.3. The third kappa shape index (κ3) is 3.43. The van der Waals surface area contributed by atoms with Gasteiger partial charge in [-0.05, 0) is 25.0 Å². The summed E-state index contributed by atoms with van der Waals surface area (Å²) in [5, 5.41) is 0. The molecular formula is C21H29N3O3. The molecule has 3 atom stereocenters. The van der Waals surface area contributed by atoms with Gasteiger partial charge in [0, 0.05) is 20.1 Å². The van der Waals surface area contributed by atoms with Crippen LogP contribution in [0.15, 0.2) is 24.3 Å². The molecule has 3 aliphatic rings. The van der Waals surface area contributed by atoms with Crippen LogP contribution in [0.3, 0.4) is 0 Å². The van der Waals surface area contributed by atoms with Crippen LogP contribution in [0.25, 0.3) is 0 Å². The van der Waals surface area contributed by atoms with Gasteiger partial charge in [-0.3, -0.25) is 9.59 Å². The quantitative estimate of drug-likeness (QED) is 0.800. The summed E-state index contributed by atoms with van der Waals surface area (Å²) in [5.74, 6) is 0.0904. The predicted octanol–water partition coefficient (Wildman–Crippen LogP) is 2.28. The average molecular weight is 371 g/mol. The number of hydrogen-bond donors (Lipinski definition) is 0. The summed E-state index contributed by atoms with van der Waals surface area (Å²) < 4.78 is 5.91. The molecule has 2 amide bonds. The molecule has 0 bridgehead atoms. The van der Waals surface area contributed by atoms with Gasteiger partial charge in [0.05, 0.1) is 42.6 Å². The summed E-state index contributed by atoms with van der Waals surface area (Å²) in [4.78, 5) is 31.7. The number of rotatable bonds is 2. The van der Waals surface area contributed by atoms with Crippen molar-refractivity contribution in [2.45, 2.75) is 44.8 Å². The second-order valence-electron chi connectivity index (χ2n) is 8.02. The standard InChI is InChI=1S/C21H29N3O3/c1-15-13-23(17-8-4-3-7-16(17)22(2)21(15)26)14-20(25)24-11-12-27-19-10-6-5-9-18(19)24/h3-4,7-8,15,18-19H,5-6,9-14H2,1-2H3/t15-,18-,19+/m1/s1. The average Bonchev–Trinajstić information content (AvgIpc) is 2.79. The lowest BCUT2D eigenvalue weighted by Gasteiger charge is -2.44. The summed E-state index contributed by atoms with van der Waals surface area (Å²) in [6.45, 7) is 4.11. The van der Waals surface area contributed by atoms with Crippen molar-refractivity contribution in [2.24, 2.45) is 5.92 Å². The molecule has 1 saturated carbocycles. The van der Waals surface area contributed by atoms with Gasteiger partial charge >= 0.3 is 0 Å². The van der Waals surface area contributed by atoms with Crippen LogP contribution in [0, 0.1) is 5.92 Å². The van der Waals surface area contributed by atoms with E-state index in [2.05, 4.69) is 4.90 Å². The maximum atomic E-state index is 13.2. The zero-order valence-electron chi connectivity index (χ0n) is 16.3. The number of nitrogens with zero attached hydrogens (tertiary/aromatic N) is 3. The van der Waals surface area contributed by atoms with E-state index < -0.39 is 0 Å². The summed E-state index contributed by atoms with van der Waals surface area (Å²) in [5.41, 5.74) is 1.83. The number of benzene rings is 1. The zero-order valence-corrected chi connectivity index (χ0v) is 16.3. The molecule has 2 fully saturated rings. The number of fused-ring (bicyclic) bond motifs is 2. The number of anilines is 2. The van der Waals surface area contributed by atoms with Gasteiger partial charge in [-0.2, -0.15) is 0 Å². The van der Waals surface area contributed by atoms with Gasteiger partial charge in [0.25, 0.3) is 0 Å². The highest BCUT2D eigenvalue weighted by molar-refractivity contribution is 6.00. The lowest BCUT2D eigenvalue weighted by atomic mass is 9.90. The molecule has 1 aromatic rings. The summed E-state index contributed by atoms with van der Waals surface area (Å²) >= 11 is 0. The molecule has 0 N–H and O–H groups in total. The number of ether oxygens (including phenoxy) is 1. The number of para-hydroxylation sites is 2. The number of hydrogen-bond acceptors (Lipinski definition) is 4. The molecule has 0 spiro atoms. The number of carbonyl (C=O) groups excluding carboxylic acids is 2. The topological polar surface area (TPSA) is 53.1 Å². The molecule has 0 radical (unpaired) electrons. The molecule has 0 unspecified atom stereocenters. The highest BCUT2D eigenvalue weighted by Crippen LogP contribution is 2.34. The first-order chi connectivity index (χ1) is 13.1. The minimum atomic E-state index is -0.151. The maximum absolute atomic E-state index is 13.2. The fraction of sp³-hybridized carbons (Fsp3) is 0.619. The van der Waals surface area contributed by atoms with Crippen molar-refractivity contribution in [3.63, 3.8) is 0 Å². The molecule has 0 aromatic heterocycles. The zero-order chi connectivity index (χ0) is 19.0. The monoisotopic (exact) mass is 371 g/mol. The van der Waals surface area contributed by atoms with E-state index in [9.17, 15) is 9.59 Å². The van der Waals surface area contributed by atoms with E-state index >= 15 is 0 Å². The van der Waals surface area contributed by atoms with Crippen LogP contribution in [0.4, 0.5) is 11.4 Å². The van der Waals surface area contributed by atoms with E-state index in [1.165, 1.54) is 6.42 Å². The Morgan fingerprint density at radius 2 is 1.93 bits per heavy atom. The van der Waals surface area contributed by atoms with E-state index in [1.807, 2.05) is 43.1 Å². The molecule has 1 saturated heterocycles. The molecule has 6 heteroatoms. The molecular weight excluding hydrogens is 342 g/mol. The van der Waals surface area contributed by atoms with Gasteiger partial charge in [0.1, 0.15) is 0 Å². The van der Waals surface area contributed by atoms with Gasteiger partial charge in [-0.15, -0.1) is 0 Å². The van der Waals surface area contributed by atoms with Crippen molar-refractivity contribution in [2.75, 3.05) is 43.1 Å². The highest BCUT2D eigenvalue weighted by atomic mass is 16.5. The normalized spacial score (nSPS) is 28.4. The lowest BCUT2D eigenvalue weighted by molar-refractivity contribution is -0.148. The fourth-order valence-electron chi connectivity index (χ4n) is 4.78. The molecule has 1 aliphatic carbocycles. The van der Waals surface area contributed by atoms with E-state index in [-0.39, 0.29) is 29.9 Å². The minimum Gasteiger partial charge on any atom is -0.374 e. The van der Waals surface area contributed by atoms with E-state index in [0.29, 0.717) is 26.2 Å². The smallest absolute Gasteiger partial charge is 0.242 e. The summed E-state index contributed by atoms with van der Waals surface area (Å²) in [6.07, 6.45) is 4.63. The van der Waals surface area contributed by atoms with Gasteiger partial charge in [0.2, 0.25) is 11.8 Å². The van der Waals surface area contributed by atoms with Crippen LogP contribution in [-0.2, 0) is 14.3 Å². The van der Waals surface area contributed by atoms with Crippen molar-refractivity contribution in [3.8, 4) is 0 Å². The second kappa shape index (κ2) is 7.50. The van der Waals surface area contributed by atoms with Crippen molar-refractivity contribution >= 4 is 23.2 Å². The largest absolute Gasteiger partial charge is 0.374 e. The highest BCUT2D eigenvalue weighted by Gasteiger charge is 2.38. The second-order valence-corrected chi connectivity index (χ2v) is 8.02. The maximum Gasteiger partial charge on any atom is 0.242 e. The molecule has 2 heterocycles. The molecule has 2 aliphatic heterocycles. The molecule has 4 rings (SSSR count). The van der Waals surface area contributed by atoms with Crippen LogP contribution in [-0.4, -0.2) is 62.1 Å². The van der Waals surface area contributed by atoms with E-state index in [1.54, 1.807) is 4.90 Å². The Hall–Kier alpha value is -2.08. The van der Waals surface area contributed by atoms with Crippen LogP contribution in [0.5, 0.6) is 0 Å². The van der Waals surface area contributed by atoms with Crippen molar-refractivity contribution in [1.82, 2.24) is 4.90 Å². The van der Waals surface area contributed by atoms with Gasteiger partial charge in [-0.25, -0.2) is 0 Å². The van der Waals surface area contributed by atoms with Crippen LogP contribution in [0.2, 0.25) is 0 Å². The Balaban J connectivity index is 1.56. The SMILES string of the molecule is C[C@@H]1CN(CC(=O)N2CCO[C@H]3CCCC[C@H]32)c2ccccc2N(C)C1=O. The Morgan fingerprint density at radius 3 is 2.74 bits per heavy atom. The Labute approximate surface area is 161 Å². The van der Waals surface area contributed by atoms with Crippen LogP contribution >= 0.6 is 0 Å². The predicted molar refractivity (Wildman–Crippen MR) is 105 cm³/mol. The van der Waals surface area contributed by atoms with E-state index in [4.69, 9.17) is 4.74 Å². The number of amides is 2. The fourth-order valence-corrected chi connectivity index (χ4v) is 4.78. The summed E-state index contributed by atoms with van der Waals surface area (Å²) in [7, 11) is 1.82. The van der Waals surface area contributed by atoms with Crippen LogP contribution in [0.1, 0.15) is 32.6 Å². The molecule has 27 heavy (non-hydrogen) atoms. The summed E-state index contributed by atoms with van der Waals surface area (Å²) in [6, 6.07) is 8.08. The third-order valence-corrected chi connectivity index (χ3v) is 6.21.